The number of nitrogens with two attached hydrogens (primary N) is 1. The van der Waals surface area contributed by atoms with E-state index < -0.39 is 5.92 Å². The smallest absolute Gasteiger partial charge is 0.259 e. The molecule has 8 heteroatoms. The van der Waals surface area contributed by atoms with Gasteiger partial charge in [-0.3, -0.25) is 4.79 Å². The lowest BCUT2D eigenvalue weighted by atomic mass is 9.84. The summed E-state index contributed by atoms with van der Waals surface area (Å²) in [6, 6.07) is 16.4. The van der Waals surface area contributed by atoms with Crippen molar-refractivity contribution in [2.75, 3.05) is 7.11 Å². The normalized spacial score (nSPS) is 15.0. The van der Waals surface area contributed by atoms with Crippen LogP contribution in [0.25, 0.3) is 0 Å². The molecule has 0 saturated carbocycles. The molecule has 1 aliphatic heterocycles. The van der Waals surface area contributed by atoms with Crippen molar-refractivity contribution in [2.45, 2.75) is 19.4 Å². The molecule has 0 aliphatic carbocycles. The van der Waals surface area contributed by atoms with E-state index >= 15 is 0 Å². The van der Waals surface area contributed by atoms with Crippen LogP contribution in [-0.2, 0) is 6.54 Å². The van der Waals surface area contributed by atoms with E-state index in [-0.39, 0.29) is 22.0 Å². The van der Waals surface area contributed by atoms with Crippen LogP contribution in [0.2, 0.25) is 10.0 Å². The third kappa shape index (κ3) is 3.70. The minimum absolute atomic E-state index is 0.0623. The molecule has 4 rings (SSSR count). The Morgan fingerprint density at radius 2 is 1.94 bits per heavy atom. The van der Waals surface area contributed by atoms with Crippen LogP contribution in [0.5, 0.6) is 11.5 Å². The van der Waals surface area contributed by atoms with E-state index in [1.54, 1.807) is 35.9 Å². The number of fused-ring (bicyclic) bond motifs is 1. The van der Waals surface area contributed by atoms with Crippen molar-refractivity contribution in [1.29, 1.82) is 5.26 Å². The Morgan fingerprint density at radius 3 is 2.59 bits per heavy atom. The minimum Gasteiger partial charge on any atom is -0.497 e. The van der Waals surface area contributed by atoms with E-state index in [0.717, 1.165) is 11.3 Å². The summed E-state index contributed by atoms with van der Waals surface area (Å²) < 4.78 is 12.5. The molecule has 0 fully saturated rings. The van der Waals surface area contributed by atoms with Gasteiger partial charge in [-0.15, -0.1) is 0 Å². The molecule has 2 N–H and O–H groups in total. The van der Waals surface area contributed by atoms with Crippen molar-refractivity contribution in [1.82, 2.24) is 4.57 Å². The molecule has 0 spiro atoms. The predicted octanol–water partition coefficient (Wildman–Crippen LogP) is 4.74. The first kappa shape index (κ1) is 21.8. The number of hydrogen-bond acceptors (Lipinski definition) is 5. The Balaban J connectivity index is 1.91. The maximum absolute atomic E-state index is 13.7. The molecule has 3 aromatic rings. The largest absolute Gasteiger partial charge is 0.497 e. The number of methoxy groups -OCH3 is 1. The maximum Gasteiger partial charge on any atom is 0.259 e. The monoisotopic (exact) mass is 467 g/mol. The van der Waals surface area contributed by atoms with Crippen molar-refractivity contribution in [3.8, 4) is 17.6 Å². The number of ether oxygens (including phenoxy) is 2. The number of halogens is 2. The number of pyridine rings is 1. The topological polar surface area (TPSA) is 90.3 Å². The predicted molar refractivity (Wildman–Crippen MR) is 123 cm³/mol. The van der Waals surface area contributed by atoms with Crippen LogP contribution in [0.1, 0.15) is 28.3 Å². The first-order valence-corrected chi connectivity index (χ1v) is 10.5. The lowest BCUT2D eigenvalue weighted by Gasteiger charge is -2.28. The number of nitrogens with zero attached hydrogens (tertiary/aromatic N) is 2. The average Bonchev–Trinajstić information content (AvgIpc) is 2.78. The molecule has 32 heavy (non-hydrogen) atoms. The summed E-state index contributed by atoms with van der Waals surface area (Å²) in [5, 5.41) is 10.4. The fourth-order valence-corrected chi connectivity index (χ4v) is 4.27. The summed E-state index contributed by atoms with van der Waals surface area (Å²) in [5.41, 5.74) is 8.27. The summed E-state index contributed by atoms with van der Waals surface area (Å²) in [4.78, 5) is 13.7. The Bertz CT molecular complexity index is 1340. The zero-order valence-corrected chi connectivity index (χ0v) is 18.9. The second-order valence-corrected chi connectivity index (χ2v) is 8.16. The highest BCUT2D eigenvalue weighted by Gasteiger charge is 2.35. The van der Waals surface area contributed by atoms with Gasteiger partial charge in [-0.1, -0.05) is 47.5 Å². The number of rotatable bonds is 4. The second-order valence-electron chi connectivity index (χ2n) is 7.37. The molecular weight excluding hydrogens is 449 g/mol. The van der Waals surface area contributed by atoms with Crippen molar-refractivity contribution in [2.24, 2.45) is 5.73 Å². The summed E-state index contributed by atoms with van der Waals surface area (Å²) >= 11 is 12.7. The van der Waals surface area contributed by atoms with Crippen LogP contribution in [0.4, 0.5) is 0 Å². The quantitative estimate of drug-likeness (QED) is 0.598. The lowest BCUT2D eigenvalue weighted by molar-refractivity contribution is 0.389. The molecular formula is C24H19Cl2N3O3. The lowest BCUT2D eigenvalue weighted by Crippen LogP contribution is -2.33. The highest BCUT2D eigenvalue weighted by molar-refractivity contribution is 6.42. The number of hydrogen-bond donors (Lipinski definition) is 1. The molecule has 2 heterocycles. The summed E-state index contributed by atoms with van der Waals surface area (Å²) in [7, 11) is 1.60. The molecule has 1 aliphatic rings. The minimum atomic E-state index is -0.801. The van der Waals surface area contributed by atoms with Gasteiger partial charge < -0.3 is 19.8 Å². The van der Waals surface area contributed by atoms with E-state index in [0.29, 0.717) is 34.1 Å². The Kier molecular flexibility index (Phi) is 5.88. The average molecular weight is 468 g/mol. The van der Waals surface area contributed by atoms with Crippen molar-refractivity contribution in [3.63, 3.8) is 0 Å². The molecule has 0 radical (unpaired) electrons. The van der Waals surface area contributed by atoms with E-state index in [1.165, 1.54) is 0 Å². The Labute approximate surface area is 195 Å². The summed E-state index contributed by atoms with van der Waals surface area (Å²) in [5.74, 6) is 0.167. The Hall–Kier alpha value is -3.40. The second kappa shape index (κ2) is 8.62. The molecule has 2 aromatic carbocycles. The number of nitriles is 1. The van der Waals surface area contributed by atoms with E-state index in [4.69, 9.17) is 38.4 Å². The van der Waals surface area contributed by atoms with E-state index in [1.807, 2.05) is 31.2 Å². The number of aryl methyl sites for hydroxylation is 1. The molecule has 1 atom stereocenters. The number of aromatic nitrogens is 1. The molecule has 0 amide bonds. The van der Waals surface area contributed by atoms with Crippen LogP contribution in [0, 0.1) is 18.3 Å². The van der Waals surface area contributed by atoms with Gasteiger partial charge in [-0.25, -0.2) is 0 Å². The van der Waals surface area contributed by atoms with Gasteiger partial charge in [-0.2, -0.15) is 5.26 Å². The fourth-order valence-electron chi connectivity index (χ4n) is 3.85. The third-order valence-corrected chi connectivity index (χ3v) is 6.32. The van der Waals surface area contributed by atoms with E-state index in [9.17, 15) is 10.1 Å². The number of allylic oxidation sites excluding steroid dienone is 1. The van der Waals surface area contributed by atoms with Gasteiger partial charge in [0.05, 0.1) is 35.2 Å². The van der Waals surface area contributed by atoms with Crippen LogP contribution in [0.3, 0.4) is 0 Å². The SMILES string of the molecule is COc1ccc(Cn2c(C)cc3c(c2=O)C(c2cccc(Cl)c2Cl)C(C#N)=C(N)O3)cc1. The summed E-state index contributed by atoms with van der Waals surface area (Å²) in [6.45, 7) is 2.15. The molecule has 1 unspecified atom stereocenters. The fraction of sp³-hybridized carbons (Fsp3) is 0.167. The Morgan fingerprint density at radius 1 is 1.22 bits per heavy atom. The van der Waals surface area contributed by atoms with Gasteiger partial charge >= 0.3 is 0 Å². The highest BCUT2D eigenvalue weighted by atomic mass is 35.5. The molecule has 0 saturated heterocycles. The molecule has 162 valence electrons. The van der Waals surface area contributed by atoms with Crippen LogP contribution in [-0.4, -0.2) is 11.7 Å². The molecule has 1 aromatic heterocycles. The van der Waals surface area contributed by atoms with Crippen molar-refractivity contribution < 1.29 is 9.47 Å². The van der Waals surface area contributed by atoms with Gasteiger partial charge in [0.25, 0.3) is 5.56 Å². The van der Waals surface area contributed by atoms with Gasteiger partial charge in [0.15, 0.2) is 0 Å². The zero-order valence-electron chi connectivity index (χ0n) is 17.4. The van der Waals surface area contributed by atoms with Gasteiger partial charge in [-0.05, 0) is 36.2 Å². The van der Waals surface area contributed by atoms with Gasteiger partial charge in [0, 0.05) is 11.8 Å². The third-order valence-electron chi connectivity index (χ3n) is 5.48. The van der Waals surface area contributed by atoms with Crippen LogP contribution < -0.4 is 20.8 Å². The van der Waals surface area contributed by atoms with Crippen molar-refractivity contribution in [3.05, 3.63) is 103 Å². The zero-order chi connectivity index (χ0) is 23.0. The molecule has 6 nitrogen and oxygen atoms in total. The first-order valence-electron chi connectivity index (χ1n) is 9.74. The van der Waals surface area contributed by atoms with E-state index in [2.05, 4.69) is 6.07 Å². The van der Waals surface area contributed by atoms with Crippen LogP contribution in [0.15, 0.2) is 64.8 Å². The van der Waals surface area contributed by atoms with Crippen LogP contribution >= 0.6 is 23.2 Å². The first-order chi connectivity index (χ1) is 15.3. The van der Waals surface area contributed by atoms with Gasteiger partial charge in [0.2, 0.25) is 5.88 Å². The maximum atomic E-state index is 13.7. The van der Waals surface area contributed by atoms with Crippen molar-refractivity contribution >= 4 is 23.2 Å². The standard InChI is InChI=1S/C24H19Cl2N3O3/c1-13-10-19-21(24(30)29(13)12-14-6-8-15(31-2)9-7-14)20(17(11-27)23(28)32-19)16-4-3-5-18(25)22(16)26/h3-10,20H,12,28H2,1-2H3. The number of benzene rings is 2. The van der Waals surface area contributed by atoms with Gasteiger partial charge in [0.1, 0.15) is 23.1 Å². The highest BCUT2D eigenvalue weighted by Crippen LogP contribution is 2.44. The molecule has 0 bridgehead atoms. The summed E-state index contributed by atoms with van der Waals surface area (Å²) in [6.07, 6.45) is 0.